The molecule has 0 bridgehead atoms. The van der Waals surface area contributed by atoms with E-state index in [0.717, 1.165) is 6.20 Å². The molecule has 0 saturated heterocycles. The number of hydrogen-bond donors (Lipinski definition) is 1. The molecule has 7 heteroatoms. The normalized spacial score (nSPS) is 11.5. The van der Waals surface area contributed by atoms with Crippen LogP contribution in [0.4, 0.5) is 0 Å². The molecule has 0 aliphatic heterocycles. The van der Waals surface area contributed by atoms with Crippen LogP contribution in [0, 0.1) is 22.7 Å². The monoisotopic (exact) mass is 250 g/mol. The molecule has 1 aromatic rings. The summed E-state index contributed by atoms with van der Waals surface area (Å²) >= 11 is 0. The quantitative estimate of drug-likeness (QED) is 0.842. The maximum absolute atomic E-state index is 11.8. The van der Waals surface area contributed by atoms with E-state index in [0.29, 0.717) is 0 Å². The maximum Gasteiger partial charge on any atom is 0.243 e. The Labute approximate surface area is 99.6 Å². The fourth-order valence-corrected chi connectivity index (χ4v) is 2.30. The smallest absolute Gasteiger partial charge is 0.243 e. The summed E-state index contributed by atoms with van der Waals surface area (Å²) < 4.78 is 25.9. The Hall–Kier alpha value is -1.96. The average Bonchev–Trinajstić information content (AvgIpc) is 2.28. The molecular formula is C10H10N4O2S. The minimum absolute atomic E-state index is 0.0835. The Kier molecular flexibility index (Phi) is 3.47. The van der Waals surface area contributed by atoms with E-state index in [1.807, 2.05) is 6.07 Å². The van der Waals surface area contributed by atoms with E-state index in [9.17, 15) is 8.42 Å². The molecule has 1 aromatic heterocycles. The minimum atomic E-state index is -3.80. The second-order valence-electron chi connectivity index (χ2n) is 3.83. The molecule has 0 amide bonds. The summed E-state index contributed by atoms with van der Waals surface area (Å²) in [6.07, 6.45) is 1.08. The van der Waals surface area contributed by atoms with Gasteiger partial charge in [0.05, 0.1) is 6.07 Å². The molecule has 0 fully saturated rings. The summed E-state index contributed by atoms with van der Waals surface area (Å²) in [4.78, 5) is 3.57. The first-order valence-corrected chi connectivity index (χ1v) is 6.10. The van der Waals surface area contributed by atoms with Gasteiger partial charge in [0.2, 0.25) is 10.0 Å². The van der Waals surface area contributed by atoms with E-state index in [1.54, 1.807) is 6.07 Å². The van der Waals surface area contributed by atoms with Gasteiger partial charge in [0.25, 0.3) is 0 Å². The van der Waals surface area contributed by atoms with Crippen LogP contribution >= 0.6 is 0 Å². The molecule has 1 N–H and O–H groups in total. The van der Waals surface area contributed by atoms with Crippen LogP contribution in [0.1, 0.15) is 19.5 Å². The molecule has 1 rings (SSSR count). The van der Waals surface area contributed by atoms with Crippen molar-refractivity contribution in [3.63, 3.8) is 0 Å². The fourth-order valence-electron chi connectivity index (χ4n) is 1.02. The summed E-state index contributed by atoms with van der Waals surface area (Å²) in [6, 6.07) is 6.18. The van der Waals surface area contributed by atoms with Gasteiger partial charge >= 0.3 is 0 Å². The lowest BCUT2D eigenvalue weighted by Crippen LogP contribution is -2.41. The first kappa shape index (κ1) is 13.1. The molecule has 0 spiro atoms. The summed E-state index contributed by atoms with van der Waals surface area (Å²) in [5.41, 5.74) is -1.07. The number of nitriles is 2. The van der Waals surface area contributed by atoms with Crippen LogP contribution in [0.15, 0.2) is 23.2 Å². The molecule has 17 heavy (non-hydrogen) atoms. The van der Waals surface area contributed by atoms with Crippen molar-refractivity contribution >= 4 is 10.0 Å². The largest absolute Gasteiger partial charge is 0.244 e. The van der Waals surface area contributed by atoms with E-state index in [-0.39, 0.29) is 10.6 Å². The standard InChI is InChI=1S/C10H10N4O2S/c1-10(2,7-12)14-17(15,16)9-4-3-8(5-11)13-6-9/h3-4,6,14H,1-2H3. The Morgan fingerprint density at radius 3 is 2.41 bits per heavy atom. The first-order chi connectivity index (χ1) is 7.80. The van der Waals surface area contributed by atoms with Crippen LogP contribution in [0.25, 0.3) is 0 Å². The molecule has 0 aliphatic rings. The second-order valence-corrected chi connectivity index (χ2v) is 5.52. The van der Waals surface area contributed by atoms with E-state index < -0.39 is 15.6 Å². The highest BCUT2D eigenvalue weighted by atomic mass is 32.2. The van der Waals surface area contributed by atoms with Gasteiger partial charge in [0.15, 0.2) is 0 Å². The van der Waals surface area contributed by atoms with Gasteiger partial charge in [-0.3, -0.25) is 0 Å². The zero-order valence-electron chi connectivity index (χ0n) is 9.30. The van der Waals surface area contributed by atoms with Crippen molar-refractivity contribution in [2.75, 3.05) is 0 Å². The van der Waals surface area contributed by atoms with Crippen molar-refractivity contribution in [1.29, 1.82) is 10.5 Å². The van der Waals surface area contributed by atoms with Crippen LogP contribution < -0.4 is 4.72 Å². The topological polar surface area (TPSA) is 107 Å². The molecule has 0 saturated carbocycles. The van der Waals surface area contributed by atoms with E-state index in [4.69, 9.17) is 10.5 Å². The average molecular weight is 250 g/mol. The first-order valence-electron chi connectivity index (χ1n) is 4.62. The van der Waals surface area contributed by atoms with E-state index in [1.165, 1.54) is 26.0 Å². The zero-order chi connectivity index (χ0) is 13.1. The molecule has 0 unspecified atom stereocenters. The Bertz CT molecular complexity index is 591. The van der Waals surface area contributed by atoms with Crippen LogP contribution in [-0.4, -0.2) is 18.9 Å². The summed E-state index contributed by atoms with van der Waals surface area (Å²) in [5, 5.41) is 17.3. The zero-order valence-corrected chi connectivity index (χ0v) is 10.1. The lowest BCUT2D eigenvalue weighted by atomic mass is 10.1. The molecule has 0 radical (unpaired) electrons. The molecule has 1 heterocycles. The Balaban J connectivity index is 3.08. The molecule has 6 nitrogen and oxygen atoms in total. The van der Waals surface area contributed by atoms with E-state index >= 15 is 0 Å². The van der Waals surface area contributed by atoms with Gasteiger partial charge in [-0.05, 0) is 26.0 Å². The van der Waals surface area contributed by atoms with Crippen molar-refractivity contribution in [3.8, 4) is 12.1 Å². The highest BCUT2D eigenvalue weighted by Crippen LogP contribution is 2.11. The summed E-state index contributed by atoms with van der Waals surface area (Å²) in [6.45, 7) is 2.89. The van der Waals surface area contributed by atoms with Crippen molar-refractivity contribution < 1.29 is 8.42 Å². The van der Waals surface area contributed by atoms with Crippen molar-refractivity contribution in [1.82, 2.24) is 9.71 Å². The van der Waals surface area contributed by atoms with Gasteiger partial charge in [0, 0.05) is 6.20 Å². The predicted molar refractivity (Wildman–Crippen MR) is 59.0 cm³/mol. The number of aromatic nitrogens is 1. The lowest BCUT2D eigenvalue weighted by Gasteiger charge is -2.17. The van der Waals surface area contributed by atoms with Gasteiger partial charge in [-0.2, -0.15) is 15.2 Å². The third-order valence-corrected chi connectivity index (χ3v) is 3.47. The predicted octanol–water partition coefficient (Wildman–Crippen LogP) is 0.534. The molecule has 0 aromatic carbocycles. The number of rotatable bonds is 3. The fraction of sp³-hybridized carbons (Fsp3) is 0.300. The van der Waals surface area contributed by atoms with Gasteiger partial charge in [-0.15, -0.1) is 0 Å². The van der Waals surface area contributed by atoms with Gasteiger partial charge in [-0.1, -0.05) is 0 Å². The van der Waals surface area contributed by atoms with Crippen LogP contribution in [0.2, 0.25) is 0 Å². The number of pyridine rings is 1. The molecular weight excluding hydrogens is 240 g/mol. The maximum atomic E-state index is 11.8. The Morgan fingerprint density at radius 2 is 2.00 bits per heavy atom. The summed E-state index contributed by atoms with van der Waals surface area (Å²) in [7, 11) is -3.80. The van der Waals surface area contributed by atoms with E-state index in [2.05, 4.69) is 9.71 Å². The third-order valence-electron chi connectivity index (χ3n) is 1.83. The number of hydrogen-bond acceptors (Lipinski definition) is 5. The minimum Gasteiger partial charge on any atom is -0.244 e. The van der Waals surface area contributed by atoms with Crippen molar-refractivity contribution in [3.05, 3.63) is 24.0 Å². The molecule has 88 valence electrons. The number of nitrogens with zero attached hydrogens (tertiary/aromatic N) is 3. The SMILES string of the molecule is CC(C)(C#N)NS(=O)(=O)c1ccc(C#N)nc1. The highest BCUT2D eigenvalue weighted by molar-refractivity contribution is 7.89. The van der Waals surface area contributed by atoms with Crippen LogP contribution in [0.5, 0.6) is 0 Å². The number of sulfonamides is 1. The highest BCUT2D eigenvalue weighted by Gasteiger charge is 2.25. The van der Waals surface area contributed by atoms with Crippen LogP contribution in [-0.2, 0) is 10.0 Å². The van der Waals surface area contributed by atoms with Gasteiger partial charge in [0.1, 0.15) is 22.2 Å². The lowest BCUT2D eigenvalue weighted by molar-refractivity contribution is 0.535. The molecule has 0 atom stereocenters. The second kappa shape index (κ2) is 4.50. The van der Waals surface area contributed by atoms with Gasteiger partial charge in [-0.25, -0.2) is 13.4 Å². The van der Waals surface area contributed by atoms with Crippen molar-refractivity contribution in [2.45, 2.75) is 24.3 Å². The molecule has 0 aliphatic carbocycles. The third kappa shape index (κ3) is 3.25. The van der Waals surface area contributed by atoms with Crippen LogP contribution in [0.3, 0.4) is 0 Å². The summed E-state index contributed by atoms with van der Waals surface area (Å²) in [5.74, 6) is 0. The van der Waals surface area contributed by atoms with Crippen molar-refractivity contribution in [2.24, 2.45) is 0 Å². The van der Waals surface area contributed by atoms with Gasteiger partial charge < -0.3 is 0 Å². The number of nitrogens with one attached hydrogen (secondary N) is 1. The Morgan fingerprint density at radius 1 is 1.35 bits per heavy atom.